The van der Waals surface area contributed by atoms with Crippen LogP contribution in [0.1, 0.15) is 24.4 Å². The molecule has 1 unspecified atom stereocenters. The summed E-state index contributed by atoms with van der Waals surface area (Å²) in [5.41, 5.74) is 1.11. The molecule has 5 heteroatoms. The summed E-state index contributed by atoms with van der Waals surface area (Å²) in [5.74, 6) is 2.62. The van der Waals surface area contributed by atoms with Gasteiger partial charge in [-0.15, -0.1) is 0 Å². The smallest absolute Gasteiger partial charge is 0.165 e. The maximum Gasteiger partial charge on any atom is 0.165 e. The van der Waals surface area contributed by atoms with E-state index in [2.05, 4.69) is 28.3 Å². The third-order valence-electron chi connectivity index (χ3n) is 3.18. The highest BCUT2D eigenvalue weighted by Crippen LogP contribution is 2.33. The molecular weight excluding hydrogens is 242 g/mol. The first-order valence-electron chi connectivity index (χ1n) is 6.45. The molecule has 1 aromatic heterocycles. The molecule has 3 rings (SSSR count). The first-order valence-corrected chi connectivity index (χ1v) is 6.45. The van der Waals surface area contributed by atoms with Gasteiger partial charge >= 0.3 is 0 Å². The van der Waals surface area contributed by atoms with Crippen molar-refractivity contribution in [2.45, 2.75) is 19.5 Å². The van der Waals surface area contributed by atoms with E-state index in [-0.39, 0.29) is 6.04 Å². The summed E-state index contributed by atoms with van der Waals surface area (Å²) in [6, 6.07) is 6.14. The van der Waals surface area contributed by atoms with E-state index in [9.17, 15) is 0 Å². The van der Waals surface area contributed by atoms with Gasteiger partial charge in [-0.25, -0.2) is 4.98 Å². The Morgan fingerprint density at radius 2 is 2.26 bits per heavy atom. The average Bonchev–Trinajstić information content (AvgIpc) is 2.99. The van der Waals surface area contributed by atoms with Gasteiger partial charge in [-0.3, -0.25) is 0 Å². The number of nitrogens with zero attached hydrogens (tertiary/aromatic N) is 1. The lowest BCUT2D eigenvalue weighted by Gasteiger charge is -2.21. The number of imidazole rings is 1. The third-order valence-corrected chi connectivity index (χ3v) is 3.18. The van der Waals surface area contributed by atoms with Crippen molar-refractivity contribution in [3.63, 3.8) is 0 Å². The molecule has 2 N–H and O–H groups in total. The van der Waals surface area contributed by atoms with Crippen molar-refractivity contribution < 1.29 is 9.47 Å². The molecule has 0 saturated heterocycles. The molecule has 0 amide bonds. The second kappa shape index (κ2) is 5.32. The number of fused-ring (bicyclic) bond motifs is 1. The fourth-order valence-electron chi connectivity index (χ4n) is 2.15. The van der Waals surface area contributed by atoms with Gasteiger partial charge in [0, 0.05) is 24.5 Å². The maximum absolute atomic E-state index is 5.69. The normalized spacial score (nSPS) is 15.2. The van der Waals surface area contributed by atoms with Crippen LogP contribution in [-0.2, 0) is 6.54 Å². The molecule has 0 spiro atoms. The van der Waals surface area contributed by atoms with E-state index in [1.165, 1.54) is 0 Å². The number of para-hydroxylation sites is 1. The van der Waals surface area contributed by atoms with E-state index in [4.69, 9.17) is 9.47 Å². The summed E-state index contributed by atoms with van der Waals surface area (Å²) < 4.78 is 11.3. The number of aromatic amines is 1. The summed E-state index contributed by atoms with van der Waals surface area (Å²) in [6.07, 6.45) is 3.59. The summed E-state index contributed by atoms with van der Waals surface area (Å²) in [4.78, 5) is 7.35. The van der Waals surface area contributed by atoms with Crippen LogP contribution >= 0.6 is 0 Å². The summed E-state index contributed by atoms with van der Waals surface area (Å²) in [6.45, 7) is 4.02. The Balaban J connectivity index is 1.70. The highest BCUT2D eigenvalue weighted by molar-refractivity contribution is 5.47. The molecule has 19 heavy (non-hydrogen) atoms. The predicted molar refractivity (Wildman–Crippen MR) is 71.3 cm³/mol. The molecule has 1 aliphatic rings. The molecule has 0 aliphatic carbocycles. The number of nitrogens with one attached hydrogen (secondary N) is 2. The number of aromatic nitrogens is 2. The van der Waals surface area contributed by atoms with Gasteiger partial charge in [0.25, 0.3) is 0 Å². The van der Waals surface area contributed by atoms with Crippen molar-refractivity contribution in [3.8, 4) is 11.5 Å². The van der Waals surface area contributed by atoms with Crippen LogP contribution in [-0.4, -0.2) is 23.2 Å². The Bertz CT molecular complexity index is 540. The van der Waals surface area contributed by atoms with Gasteiger partial charge in [-0.05, 0) is 13.0 Å². The summed E-state index contributed by atoms with van der Waals surface area (Å²) in [7, 11) is 0. The number of ether oxygens (including phenoxy) is 2. The second-order valence-corrected chi connectivity index (χ2v) is 4.52. The van der Waals surface area contributed by atoms with Crippen LogP contribution in [0.4, 0.5) is 0 Å². The van der Waals surface area contributed by atoms with Crippen LogP contribution in [0.5, 0.6) is 11.5 Å². The van der Waals surface area contributed by atoms with Gasteiger partial charge in [-0.2, -0.15) is 0 Å². The van der Waals surface area contributed by atoms with Gasteiger partial charge in [0.15, 0.2) is 11.5 Å². The van der Waals surface area contributed by atoms with Crippen molar-refractivity contribution in [1.82, 2.24) is 15.3 Å². The highest BCUT2D eigenvalue weighted by Gasteiger charge is 2.16. The maximum atomic E-state index is 5.69. The van der Waals surface area contributed by atoms with Crippen LogP contribution < -0.4 is 14.8 Å². The minimum Gasteiger partial charge on any atom is -0.486 e. The molecule has 0 fully saturated rings. The largest absolute Gasteiger partial charge is 0.486 e. The standard InChI is InChI=1S/C14H17N3O2/c1-10(14-15-5-6-16-14)17-9-11-3-2-4-12-13(11)19-8-7-18-12/h2-6,10,17H,7-9H2,1H3,(H,15,16). The number of benzene rings is 1. The van der Waals surface area contributed by atoms with Gasteiger partial charge in [0.1, 0.15) is 19.0 Å². The van der Waals surface area contributed by atoms with Crippen LogP contribution in [0.2, 0.25) is 0 Å². The lowest BCUT2D eigenvalue weighted by Crippen LogP contribution is -2.21. The van der Waals surface area contributed by atoms with Gasteiger partial charge in [-0.1, -0.05) is 12.1 Å². The monoisotopic (exact) mass is 259 g/mol. The van der Waals surface area contributed by atoms with E-state index in [0.29, 0.717) is 19.8 Å². The molecule has 1 aromatic carbocycles. The second-order valence-electron chi connectivity index (χ2n) is 4.52. The Hall–Kier alpha value is -2.01. The topological polar surface area (TPSA) is 59.2 Å². The van der Waals surface area contributed by atoms with Crippen LogP contribution in [0, 0.1) is 0 Å². The lowest BCUT2D eigenvalue weighted by atomic mass is 10.1. The minimum absolute atomic E-state index is 0.162. The number of rotatable bonds is 4. The van der Waals surface area contributed by atoms with Crippen molar-refractivity contribution in [2.24, 2.45) is 0 Å². The zero-order valence-electron chi connectivity index (χ0n) is 10.8. The molecule has 0 bridgehead atoms. The summed E-state index contributed by atoms with van der Waals surface area (Å²) >= 11 is 0. The fourth-order valence-corrected chi connectivity index (χ4v) is 2.15. The van der Waals surface area contributed by atoms with Crippen molar-refractivity contribution in [1.29, 1.82) is 0 Å². The molecular formula is C14H17N3O2. The van der Waals surface area contributed by atoms with Gasteiger partial charge < -0.3 is 19.8 Å². The van der Waals surface area contributed by atoms with Crippen molar-refractivity contribution in [2.75, 3.05) is 13.2 Å². The molecule has 2 aromatic rings. The first kappa shape index (κ1) is 12.0. The van der Waals surface area contributed by atoms with Crippen LogP contribution in [0.25, 0.3) is 0 Å². The highest BCUT2D eigenvalue weighted by atomic mass is 16.6. The van der Waals surface area contributed by atoms with E-state index < -0.39 is 0 Å². The van der Waals surface area contributed by atoms with Gasteiger partial charge in [0.05, 0.1) is 6.04 Å². The third kappa shape index (κ3) is 2.56. The molecule has 0 radical (unpaired) electrons. The van der Waals surface area contributed by atoms with Crippen LogP contribution in [0.15, 0.2) is 30.6 Å². The van der Waals surface area contributed by atoms with Gasteiger partial charge in [0.2, 0.25) is 0 Å². The molecule has 100 valence electrons. The lowest BCUT2D eigenvalue weighted by molar-refractivity contribution is 0.169. The first-order chi connectivity index (χ1) is 9.34. The quantitative estimate of drug-likeness (QED) is 0.882. The Morgan fingerprint density at radius 1 is 1.37 bits per heavy atom. The van der Waals surface area contributed by atoms with E-state index in [0.717, 1.165) is 22.9 Å². The average molecular weight is 259 g/mol. The molecule has 1 aliphatic heterocycles. The zero-order chi connectivity index (χ0) is 13.1. The molecule has 1 atom stereocenters. The molecule has 5 nitrogen and oxygen atoms in total. The fraction of sp³-hybridized carbons (Fsp3) is 0.357. The SMILES string of the molecule is CC(NCc1cccc2c1OCCO2)c1ncc[nH]1. The minimum atomic E-state index is 0.162. The van der Waals surface area contributed by atoms with Crippen LogP contribution in [0.3, 0.4) is 0 Å². The van der Waals surface area contributed by atoms with Crippen molar-refractivity contribution in [3.05, 3.63) is 42.0 Å². The van der Waals surface area contributed by atoms with E-state index in [1.54, 1.807) is 6.20 Å². The summed E-state index contributed by atoms with van der Waals surface area (Å²) in [5, 5.41) is 3.42. The Kier molecular flexibility index (Phi) is 3.37. The Morgan fingerprint density at radius 3 is 3.11 bits per heavy atom. The molecule has 2 heterocycles. The van der Waals surface area contributed by atoms with E-state index >= 15 is 0 Å². The molecule has 0 saturated carbocycles. The zero-order valence-corrected chi connectivity index (χ0v) is 10.8. The predicted octanol–water partition coefficient (Wildman–Crippen LogP) is 2.03. The number of hydrogen-bond acceptors (Lipinski definition) is 4. The Labute approximate surface area is 112 Å². The van der Waals surface area contributed by atoms with Crippen molar-refractivity contribution >= 4 is 0 Å². The number of hydrogen-bond donors (Lipinski definition) is 2. The number of H-pyrrole nitrogens is 1. The van der Waals surface area contributed by atoms with E-state index in [1.807, 2.05) is 18.3 Å².